The highest BCUT2D eigenvalue weighted by Crippen LogP contribution is 2.33. The van der Waals surface area contributed by atoms with Crippen molar-refractivity contribution in [2.75, 3.05) is 25.2 Å². The molecule has 1 fully saturated rings. The molecule has 4 rings (SSSR count). The molecule has 212 valence electrons. The van der Waals surface area contributed by atoms with Crippen LogP contribution in [-0.4, -0.2) is 59.6 Å². The summed E-state index contributed by atoms with van der Waals surface area (Å²) >= 11 is 0. The Labute approximate surface area is 235 Å². The number of benzene rings is 1. The van der Waals surface area contributed by atoms with Crippen LogP contribution in [-0.2, 0) is 26.0 Å². The zero-order valence-corrected chi connectivity index (χ0v) is 23.6. The largest absolute Gasteiger partial charge is 0.457 e. The number of sulfone groups is 1. The van der Waals surface area contributed by atoms with Gasteiger partial charge in [0.15, 0.2) is 5.03 Å². The minimum Gasteiger partial charge on any atom is -0.457 e. The van der Waals surface area contributed by atoms with Crippen molar-refractivity contribution in [2.24, 2.45) is 5.92 Å². The summed E-state index contributed by atoms with van der Waals surface area (Å²) in [6.07, 6.45) is 14.0. The molecule has 2 aromatic heterocycles. The van der Waals surface area contributed by atoms with Crippen LogP contribution in [0.15, 0.2) is 78.6 Å². The van der Waals surface area contributed by atoms with E-state index in [1.165, 1.54) is 18.7 Å². The van der Waals surface area contributed by atoms with Gasteiger partial charge in [-0.25, -0.2) is 18.2 Å². The van der Waals surface area contributed by atoms with Crippen LogP contribution in [0.5, 0.6) is 0 Å². The number of rotatable bonds is 12. The van der Waals surface area contributed by atoms with E-state index in [-0.39, 0.29) is 23.3 Å². The Kier molecular flexibility index (Phi) is 9.70. The van der Waals surface area contributed by atoms with Crippen molar-refractivity contribution in [3.8, 4) is 0 Å². The van der Waals surface area contributed by atoms with Crippen LogP contribution in [0.3, 0.4) is 0 Å². The molecule has 0 spiro atoms. The highest BCUT2D eigenvalue weighted by Gasteiger charge is 2.29. The Balaban J connectivity index is 1.51. The van der Waals surface area contributed by atoms with Gasteiger partial charge in [-0.05, 0) is 36.7 Å². The molecule has 11 heteroatoms. The van der Waals surface area contributed by atoms with Gasteiger partial charge in [-0.2, -0.15) is 0 Å². The summed E-state index contributed by atoms with van der Waals surface area (Å²) < 4.78 is 32.7. The van der Waals surface area contributed by atoms with Crippen LogP contribution in [0.25, 0.3) is 0 Å². The number of aromatic nitrogens is 3. The van der Waals surface area contributed by atoms with Crippen molar-refractivity contribution in [2.45, 2.75) is 49.8 Å². The molecule has 40 heavy (non-hydrogen) atoms. The average Bonchev–Trinajstić information content (AvgIpc) is 3.64. The van der Waals surface area contributed by atoms with Crippen molar-refractivity contribution >= 4 is 27.4 Å². The van der Waals surface area contributed by atoms with Gasteiger partial charge < -0.3 is 19.5 Å². The number of carbonyl (C=O) groups is 2. The van der Waals surface area contributed by atoms with Gasteiger partial charge in [0.1, 0.15) is 12.6 Å². The van der Waals surface area contributed by atoms with Gasteiger partial charge in [-0.1, -0.05) is 50.0 Å². The lowest BCUT2D eigenvalue weighted by Crippen LogP contribution is -2.27. The monoisotopic (exact) mass is 565 g/mol. The number of nitrogens with zero attached hydrogens (tertiary/aromatic N) is 4. The highest BCUT2D eigenvalue weighted by atomic mass is 32.2. The zero-order chi connectivity index (χ0) is 28.5. The van der Waals surface area contributed by atoms with Gasteiger partial charge in [0.2, 0.25) is 15.7 Å². The molecule has 0 radical (unpaired) electrons. The third-order valence-corrected chi connectivity index (χ3v) is 8.32. The molecule has 1 unspecified atom stereocenters. The average molecular weight is 566 g/mol. The number of amides is 1. The molecule has 1 atom stereocenters. The number of para-hydroxylation sites is 1. The van der Waals surface area contributed by atoms with Crippen LogP contribution in [0, 0.1) is 5.92 Å². The van der Waals surface area contributed by atoms with Gasteiger partial charge in [-0.3, -0.25) is 9.78 Å². The lowest BCUT2D eigenvalue weighted by molar-refractivity contribution is -0.119. The second-order valence-corrected chi connectivity index (χ2v) is 12.1. The van der Waals surface area contributed by atoms with Crippen molar-refractivity contribution in [1.29, 1.82) is 0 Å². The van der Waals surface area contributed by atoms with E-state index in [4.69, 9.17) is 4.74 Å². The van der Waals surface area contributed by atoms with Gasteiger partial charge in [-0.15, -0.1) is 0 Å². The number of pyridine rings is 1. The first kappa shape index (κ1) is 29.0. The summed E-state index contributed by atoms with van der Waals surface area (Å²) in [6, 6.07) is 9.74. The number of esters is 1. The first-order valence-corrected chi connectivity index (χ1v) is 14.9. The number of hydrogen-bond acceptors (Lipinski definition) is 8. The summed E-state index contributed by atoms with van der Waals surface area (Å²) in [5.41, 5.74) is 1.49. The normalized spacial score (nSPS) is 14.8. The van der Waals surface area contributed by atoms with Crippen LogP contribution in [0.2, 0.25) is 0 Å². The smallest absolute Gasteiger partial charge is 0.340 e. The summed E-state index contributed by atoms with van der Waals surface area (Å²) in [6.45, 7) is -0.0363. The predicted molar refractivity (Wildman–Crippen MR) is 151 cm³/mol. The minimum absolute atomic E-state index is 0.0363. The van der Waals surface area contributed by atoms with E-state index >= 15 is 0 Å². The van der Waals surface area contributed by atoms with Crippen molar-refractivity contribution in [3.05, 3.63) is 84.7 Å². The summed E-state index contributed by atoms with van der Waals surface area (Å²) in [4.78, 5) is 35.9. The molecule has 1 aliphatic rings. The summed E-state index contributed by atoms with van der Waals surface area (Å²) in [5, 5.41) is 2.92. The van der Waals surface area contributed by atoms with Gasteiger partial charge >= 0.3 is 5.97 Å². The fourth-order valence-corrected chi connectivity index (χ4v) is 5.74. The highest BCUT2D eigenvalue weighted by molar-refractivity contribution is 7.91. The summed E-state index contributed by atoms with van der Waals surface area (Å²) in [5.74, 6) is -0.628. The number of imidazole rings is 1. The van der Waals surface area contributed by atoms with Gasteiger partial charge in [0, 0.05) is 43.9 Å². The second-order valence-electron chi connectivity index (χ2n) is 10.2. The molecule has 3 aromatic rings. The lowest BCUT2D eigenvalue weighted by Gasteiger charge is -2.22. The molecule has 1 saturated carbocycles. The van der Waals surface area contributed by atoms with Gasteiger partial charge in [0.25, 0.3) is 0 Å². The molecule has 1 aliphatic carbocycles. The molecular weight excluding hydrogens is 530 g/mol. The van der Waals surface area contributed by atoms with E-state index in [0.717, 1.165) is 25.7 Å². The molecule has 0 bridgehead atoms. The van der Waals surface area contributed by atoms with Crippen LogP contribution < -0.4 is 5.32 Å². The molecule has 1 aromatic carbocycles. The van der Waals surface area contributed by atoms with E-state index in [1.807, 2.05) is 14.1 Å². The molecule has 2 heterocycles. The Bertz CT molecular complexity index is 1430. The van der Waals surface area contributed by atoms with Crippen molar-refractivity contribution < 1.29 is 22.7 Å². The van der Waals surface area contributed by atoms with E-state index < -0.39 is 21.8 Å². The molecule has 0 saturated heterocycles. The molecule has 0 aliphatic heterocycles. The Morgan fingerprint density at radius 3 is 2.67 bits per heavy atom. The fourth-order valence-electron chi connectivity index (χ4n) is 4.73. The van der Waals surface area contributed by atoms with E-state index in [1.54, 1.807) is 64.3 Å². The summed E-state index contributed by atoms with van der Waals surface area (Å²) in [7, 11) is -0.0307. The third kappa shape index (κ3) is 7.78. The molecule has 1 N–H and O–H groups in total. The maximum atomic E-state index is 13.7. The zero-order valence-electron chi connectivity index (χ0n) is 22.8. The van der Waals surface area contributed by atoms with E-state index in [2.05, 4.69) is 15.3 Å². The minimum atomic E-state index is -3.66. The maximum absolute atomic E-state index is 13.7. The lowest BCUT2D eigenvalue weighted by atomic mass is 9.97. The van der Waals surface area contributed by atoms with Gasteiger partial charge in [0.05, 0.1) is 17.6 Å². The van der Waals surface area contributed by atoms with Crippen LogP contribution >= 0.6 is 0 Å². The first-order valence-electron chi connectivity index (χ1n) is 13.3. The molecule has 10 nitrogen and oxygen atoms in total. The second kappa shape index (κ2) is 13.4. The standard InChI is InChI=1S/C29H35N5O5S/c1-33(2)15-8-16-40(37,38)27-19-34(21-31-27)26(17-22-9-3-4-10-22)28(35)32-25-13-6-5-11-24(25)20-39-29(36)23-12-7-14-30-18-23/h5-8,11-15,18-19,21-22,26H,3-4,9-10,16-17,20H2,1-2H3,(H,32,35). The van der Waals surface area contributed by atoms with Crippen molar-refractivity contribution in [1.82, 2.24) is 19.4 Å². The number of anilines is 1. The Hall–Kier alpha value is -3.99. The Morgan fingerprint density at radius 1 is 1.18 bits per heavy atom. The number of nitrogens with one attached hydrogen (secondary N) is 1. The molecular formula is C29H35N5O5S. The fraction of sp³-hybridized carbons (Fsp3) is 0.379. The number of hydrogen-bond donors (Lipinski definition) is 1. The number of ether oxygens (including phenoxy) is 1. The van der Waals surface area contributed by atoms with E-state index in [0.29, 0.717) is 29.2 Å². The van der Waals surface area contributed by atoms with Crippen LogP contribution in [0.4, 0.5) is 5.69 Å². The first-order chi connectivity index (χ1) is 19.2. The van der Waals surface area contributed by atoms with E-state index in [9.17, 15) is 18.0 Å². The molecule has 1 amide bonds. The number of carbonyl (C=O) groups excluding carboxylic acids is 2. The van der Waals surface area contributed by atoms with Crippen LogP contribution in [0.1, 0.15) is 54.1 Å². The maximum Gasteiger partial charge on any atom is 0.340 e. The SMILES string of the molecule is CN(C)C=CCS(=O)(=O)c1cn(C(CC2CCCC2)C(=O)Nc2ccccc2COC(=O)c2cccnc2)cn1. The van der Waals surface area contributed by atoms with Crippen molar-refractivity contribution in [3.63, 3.8) is 0 Å². The third-order valence-electron chi connectivity index (χ3n) is 6.84. The Morgan fingerprint density at radius 2 is 1.95 bits per heavy atom. The quantitative estimate of drug-likeness (QED) is 0.324. The predicted octanol–water partition coefficient (Wildman–Crippen LogP) is 4.24. The topological polar surface area (TPSA) is 123 Å².